The molecule has 0 saturated heterocycles. The van der Waals surface area contributed by atoms with Gasteiger partial charge in [0.05, 0.1) is 27.8 Å². The highest BCUT2D eigenvalue weighted by Crippen LogP contribution is 2.46. The summed E-state index contributed by atoms with van der Waals surface area (Å²) >= 11 is 0. The van der Waals surface area contributed by atoms with Crippen molar-refractivity contribution < 1.29 is 0 Å². The van der Waals surface area contributed by atoms with Gasteiger partial charge in [-0.25, -0.2) is 4.98 Å². The monoisotopic (exact) mass is 867 g/mol. The molecule has 0 amide bonds. The molecule has 0 atom stereocenters. The number of aromatic nitrogens is 5. The number of nitrogens with zero attached hydrogens (tertiary/aromatic N) is 5. The molecule has 0 spiro atoms. The minimum absolute atomic E-state index is 0.544. The maximum absolute atomic E-state index is 5.46. The first kappa shape index (κ1) is 39.2. The van der Waals surface area contributed by atoms with Crippen LogP contribution in [0.2, 0.25) is 0 Å². The maximum atomic E-state index is 5.46. The zero-order valence-electron chi connectivity index (χ0n) is 36.9. The Labute approximate surface area is 393 Å². The SMILES string of the molecule is c1ccc(-c2ccc(-c3cccc(-c4ccccc4)c3-n3c4ccccc4c4ccc5c6ccccc6n(-c6nc(-c7ccccc7)nc(-c7cccc(-c8ccccc8)c7)n6)c5c43)cc2)cc1. The lowest BCUT2D eigenvalue weighted by Crippen LogP contribution is -2.07. The third-order valence-electron chi connectivity index (χ3n) is 13.2. The second-order valence-corrected chi connectivity index (χ2v) is 17.2. The van der Waals surface area contributed by atoms with Gasteiger partial charge in [0.1, 0.15) is 0 Å². The number of rotatable bonds is 8. The first-order chi connectivity index (χ1) is 33.7. The highest BCUT2D eigenvalue weighted by molar-refractivity contribution is 6.24. The van der Waals surface area contributed by atoms with E-state index >= 15 is 0 Å². The van der Waals surface area contributed by atoms with Crippen LogP contribution in [0.3, 0.4) is 0 Å². The summed E-state index contributed by atoms with van der Waals surface area (Å²) in [5.41, 5.74) is 16.2. The summed E-state index contributed by atoms with van der Waals surface area (Å²) in [6.45, 7) is 0. The van der Waals surface area contributed by atoms with Gasteiger partial charge in [-0.05, 0) is 51.6 Å². The van der Waals surface area contributed by atoms with Crippen LogP contribution in [-0.2, 0) is 0 Å². The molecule has 3 aromatic heterocycles. The molecule has 318 valence electrons. The summed E-state index contributed by atoms with van der Waals surface area (Å²) in [7, 11) is 0. The fourth-order valence-electron chi connectivity index (χ4n) is 10.1. The van der Waals surface area contributed by atoms with E-state index in [9.17, 15) is 0 Å². The van der Waals surface area contributed by atoms with E-state index < -0.39 is 0 Å². The summed E-state index contributed by atoms with van der Waals surface area (Å²) in [5, 5.41) is 4.52. The lowest BCUT2D eigenvalue weighted by atomic mass is 9.94. The third-order valence-corrected chi connectivity index (χ3v) is 13.2. The van der Waals surface area contributed by atoms with Crippen LogP contribution in [-0.4, -0.2) is 24.1 Å². The van der Waals surface area contributed by atoms with Gasteiger partial charge in [-0.1, -0.05) is 231 Å². The Morgan fingerprint density at radius 1 is 0.250 bits per heavy atom. The molecule has 13 aromatic rings. The van der Waals surface area contributed by atoms with Gasteiger partial charge in [0, 0.05) is 43.8 Å². The van der Waals surface area contributed by atoms with E-state index in [1.54, 1.807) is 0 Å². The van der Waals surface area contributed by atoms with Crippen LogP contribution in [0.25, 0.3) is 123 Å². The fourth-order valence-corrected chi connectivity index (χ4v) is 10.1. The van der Waals surface area contributed by atoms with Crippen molar-refractivity contribution >= 4 is 43.6 Å². The van der Waals surface area contributed by atoms with Crippen LogP contribution in [0, 0.1) is 0 Å². The Bertz CT molecular complexity index is 3990. The molecule has 0 saturated carbocycles. The molecule has 13 rings (SSSR count). The van der Waals surface area contributed by atoms with E-state index in [1.165, 1.54) is 11.1 Å². The molecular weight excluding hydrogens is 827 g/mol. The second-order valence-electron chi connectivity index (χ2n) is 17.2. The van der Waals surface area contributed by atoms with E-state index in [4.69, 9.17) is 15.0 Å². The first-order valence-electron chi connectivity index (χ1n) is 23.0. The van der Waals surface area contributed by atoms with Crippen LogP contribution in [0.4, 0.5) is 0 Å². The van der Waals surface area contributed by atoms with E-state index in [-0.39, 0.29) is 0 Å². The van der Waals surface area contributed by atoms with Crippen molar-refractivity contribution in [1.29, 1.82) is 0 Å². The summed E-state index contributed by atoms with van der Waals surface area (Å²) in [4.78, 5) is 16.1. The van der Waals surface area contributed by atoms with Gasteiger partial charge in [-0.15, -0.1) is 0 Å². The van der Waals surface area contributed by atoms with Crippen LogP contribution >= 0.6 is 0 Å². The average Bonchev–Trinajstić information content (AvgIpc) is 3.95. The molecule has 0 N–H and O–H groups in total. The van der Waals surface area contributed by atoms with Crippen molar-refractivity contribution in [3.05, 3.63) is 249 Å². The van der Waals surface area contributed by atoms with Gasteiger partial charge in [0.25, 0.3) is 0 Å². The summed E-state index contributed by atoms with van der Waals surface area (Å²) < 4.78 is 4.79. The van der Waals surface area contributed by atoms with Crippen molar-refractivity contribution in [3.8, 4) is 78.9 Å². The van der Waals surface area contributed by atoms with Gasteiger partial charge >= 0.3 is 0 Å². The molecule has 0 unspecified atom stereocenters. The predicted molar refractivity (Wildman–Crippen MR) is 281 cm³/mol. The molecule has 0 aliphatic rings. The standard InChI is InChI=1S/C63H41N5/c1-5-19-42(20-6-1)44-35-37-46(38-36-44)51-32-18-31-50(45-23-9-3-10-24-45)58(51)67-56-33-15-13-29-52(56)54-39-40-55-53-30-14-16-34-57(53)68(60(55)59(54)67)63-65-61(47-25-11-4-12-26-47)64-62(66-63)49-28-17-27-48(41-49)43-21-7-2-8-22-43/h1-41H. The predicted octanol–water partition coefficient (Wildman–Crippen LogP) is 16.1. The van der Waals surface area contributed by atoms with Crippen molar-refractivity contribution in [2.75, 3.05) is 0 Å². The lowest BCUT2D eigenvalue weighted by Gasteiger charge is -2.20. The Kier molecular flexibility index (Phi) is 9.43. The van der Waals surface area contributed by atoms with Crippen molar-refractivity contribution in [1.82, 2.24) is 24.1 Å². The largest absolute Gasteiger partial charge is 0.306 e. The highest BCUT2D eigenvalue weighted by atomic mass is 15.2. The summed E-state index contributed by atoms with van der Waals surface area (Å²) in [6, 6.07) is 88.3. The fraction of sp³-hybridized carbons (Fsp3) is 0. The molecule has 0 aliphatic carbocycles. The zero-order chi connectivity index (χ0) is 45.0. The van der Waals surface area contributed by atoms with Crippen LogP contribution in [0.15, 0.2) is 249 Å². The smallest absolute Gasteiger partial charge is 0.238 e. The third kappa shape index (κ3) is 6.59. The summed E-state index contributed by atoms with van der Waals surface area (Å²) in [6.07, 6.45) is 0. The van der Waals surface area contributed by atoms with E-state index in [0.29, 0.717) is 17.6 Å². The number of hydrogen-bond acceptors (Lipinski definition) is 3. The minimum Gasteiger partial charge on any atom is -0.306 e. The zero-order valence-corrected chi connectivity index (χ0v) is 36.9. The quantitative estimate of drug-likeness (QED) is 0.153. The van der Waals surface area contributed by atoms with Gasteiger partial charge in [0.15, 0.2) is 11.6 Å². The Balaban J connectivity index is 1.14. The molecule has 3 heterocycles. The van der Waals surface area contributed by atoms with E-state index in [2.05, 4.69) is 234 Å². The van der Waals surface area contributed by atoms with Crippen LogP contribution in [0.1, 0.15) is 0 Å². The molecule has 0 fully saturated rings. The van der Waals surface area contributed by atoms with E-state index in [1.807, 2.05) is 24.3 Å². The Morgan fingerprint density at radius 2 is 0.647 bits per heavy atom. The molecule has 0 radical (unpaired) electrons. The highest BCUT2D eigenvalue weighted by Gasteiger charge is 2.26. The second kappa shape index (κ2) is 16.4. The Hall–Kier alpha value is -9.19. The number of para-hydroxylation sites is 3. The van der Waals surface area contributed by atoms with Gasteiger partial charge < -0.3 is 4.57 Å². The van der Waals surface area contributed by atoms with Crippen LogP contribution < -0.4 is 0 Å². The molecular formula is C63H41N5. The molecule has 0 aliphatic heterocycles. The van der Waals surface area contributed by atoms with Gasteiger partial charge in [0.2, 0.25) is 5.95 Å². The van der Waals surface area contributed by atoms with Crippen molar-refractivity contribution in [2.24, 2.45) is 0 Å². The van der Waals surface area contributed by atoms with Gasteiger partial charge in [-0.2, -0.15) is 9.97 Å². The lowest BCUT2D eigenvalue weighted by molar-refractivity contribution is 0.953. The van der Waals surface area contributed by atoms with Crippen LogP contribution in [0.5, 0.6) is 0 Å². The number of hydrogen-bond donors (Lipinski definition) is 0. The van der Waals surface area contributed by atoms with E-state index in [0.717, 1.165) is 93.8 Å². The summed E-state index contributed by atoms with van der Waals surface area (Å²) in [5.74, 6) is 1.74. The van der Waals surface area contributed by atoms with Crippen molar-refractivity contribution in [3.63, 3.8) is 0 Å². The molecule has 5 heteroatoms. The Morgan fingerprint density at radius 3 is 1.25 bits per heavy atom. The number of fused-ring (bicyclic) bond motifs is 7. The average molecular weight is 868 g/mol. The molecule has 68 heavy (non-hydrogen) atoms. The number of benzene rings is 10. The maximum Gasteiger partial charge on any atom is 0.238 e. The molecule has 10 aromatic carbocycles. The molecule has 5 nitrogen and oxygen atoms in total. The van der Waals surface area contributed by atoms with Crippen molar-refractivity contribution in [2.45, 2.75) is 0 Å². The normalized spacial score (nSPS) is 11.5. The first-order valence-corrected chi connectivity index (χ1v) is 23.0. The van der Waals surface area contributed by atoms with Gasteiger partial charge in [-0.3, -0.25) is 4.57 Å². The minimum atomic E-state index is 0.544. The molecule has 0 bridgehead atoms. The topological polar surface area (TPSA) is 48.5 Å².